The van der Waals surface area contributed by atoms with Gasteiger partial charge in [0.2, 0.25) is 5.91 Å². The molecule has 0 aliphatic carbocycles. The number of aromatic nitrogens is 4. The summed E-state index contributed by atoms with van der Waals surface area (Å²) in [5.41, 5.74) is 0.908. The summed E-state index contributed by atoms with van der Waals surface area (Å²) < 4.78 is 41.6. The van der Waals surface area contributed by atoms with Gasteiger partial charge >= 0.3 is 6.18 Å². The first kappa shape index (κ1) is 20.1. The second kappa shape index (κ2) is 8.17. The van der Waals surface area contributed by atoms with E-state index in [2.05, 4.69) is 31.4 Å². The molecule has 10 heteroatoms. The predicted molar refractivity (Wildman–Crippen MR) is 101 cm³/mol. The molecule has 0 radical (unpaired) electrons. The highest BCUT2D eigenvalue weighted by atomic mass is 79.9. The Balaban J connectivity index is 1.61. The molecule has 148 valence electrons. The molecule has 0 saturated carbocycles. The Bertz CT molecular complexity index is 966. The van der Waals surface area contributed by atoms with E-state index < -0.39 is 11.9 Å². The molecule has 2 heterocycles. The summed E-state index contributed by atoms with van der Waals surface area (Å²) in [6.45, 7) is 2.12. The van der Waals surface area contributed by atoms with Crippen molar-refractivity contribution in [3.8, 4) is 0 Å². The van der Waals surface area contributed by atoms with Gasteiger partial charge in [-0.1, -0.05) is 12.1 Å². The number of rotatable bonds is 6. The van der Waals surface area contributed by atoms with Crippen LogP contribution in [0.5, 0.6) is 0 Å². The van der Waals surface area contributed by atoms with Gasteiger partial charge in [-0.15, -0.1) is 0 Å². The highest BCUT2D eigenvalue weighted by Gasteiger charge is 2.37. The fourth-order valence-corrected chi connectivity index (χ4v) is 3.19. The molecule has 3 aromatic rings. The van der Waals surface area contributed by atoms with Crippen LogP contribution in [0.3, 0.4) is 0 Å². The van der Waals surface area contributed by atoms with Gasteiger partial charge in [0.1, 0.15) is 0 Å². The monoisotopic (exact) mass is 455 g/mol. The van der Waals surface area contributed by atoms with Gasteiger partial charge < -0.3 is 5.32 Å². The van der Waals surface area contributed by atoms with Crippen molar-refractivity contribution >= 4 is 27.5 Å². The molecular weight excluding hydrogens is 439 g/mol. The van der Waals surface area contributed by atoms with Crippen LogP contribution in [0, 0.1) is 6.92 Å². The predicted octanol–water partition coefficient (Wildman–Crippen LogP) is 4.25. The van der Waals surface area contributed by atoms with Gasteiger partial charge in [0.15, 0.2) is 5.69 Å². The van der Waals surface area contributed by atoms with Gasteiger partial charge in [-0.05, 0) is 46.6 Å². The molecule has 0 atom stereocenters. The van der Waals surface area contributed by atoms with Crippen molar-refractivity contribution in [1.82, 2.24) is 19.6 Å². The molecule has 0 saturated heterocycles. The maximum absolute atomic E-state index is 12.9. The minimum Gasteiger partial charge on any atom is -0.326 e. The number of benzene rings is 1. The summed E-state index contributed by atoms with van der Waals surface area (Å²) in [5, 5.41) is 10.5. The molecule has 3 rings (SSSR count). The molecule has 6 nitrogen and oxygen atoms in total. The highest BCUT2D eigenvalue weighted by molar-refractivity contribution is 9.10. The summed E-state index contributed by atoms with van der Waals surface area (Å²) in [6.07, 6.45) is -1.03. The summed E-state index contributed by atoms with van der Waals surface area (Å²) >= 11 is 2.92. The normalized spacial score (nSPS) is 11.6. The molecule has 1 aromatic carbocycles. The molecule has 0 fully saturated rings. The SMILES string of the molecule is Cc1c(Br)c(C(F)(F)F)nn1CCC(=O)Nc1cccc(Cn2cccn2)c1. The molecule has 2 aromatic heterocycles. The number of amides is 1. The molecular formula is C18H17BrF3N5O. The van der Waals surface area contributed by atoms with E-state index in [1.165, 1.54) is 11.6 Å². The minimum absolute atomic E-state index is 0.00432. The summed E-state index contributed by atoms with van der Waals surface area (Å²) in [4.78, 5) is 12.2. The molecule has 1 N–H and O–H groups in total. The number of nitrogens with one attached hydrogen (secondary N) is 1. The number of hydrogen-bond acceptors (Lipinski definition) is 3. The Kier molecular flexibility index (Phi) is 5.87. The van der Waals surface area contributed by atoms with Gasteiger partial charge in [-0.2, -0.15) is 23.4 Å². The van der Waals surface area contributed by atoms with Crippen molar-refractivity contribution in [2.45, 2.75) is 32.6 Å². The first-order valence-electron chi connectivity index (χ1n) is 8.40. The Hall–Kier alpha value is -2.62. The van der Waals surface area contributed by atoms with Gasteiger partial charge in [-0.3, -0.25) is 14.2 Å². The van der Waals surface area contributed by atoms with Gasteiger partial charge in [0.25, 0.3) is 0 Å². The lowest BCUT2D eigenvalue weighted by Gasteiger charge is -2.09. The maximum atomic E-state index is 12.9. The number of halogens is 4. The third-order valence-corrected chi connectivity index (χ3v) is 5.02. The Morgan fingerprint density at radius 2 is 2.07 bits per heavy atom. The molecule has 28 heavy (non-hydrogen) atoms. The Labute approximate surface area is 167 Å². The second-order valence-electron chi connectivity index (χ2n) is 6.17. The first-order chi connectivity index (χ1) is 13.2. The van der Waals surface area contributed by atoms with Crippen LogP contribution in [0.25, 0.3) is 0 Å². The lowest BCUT2D eigenvalue weighted by Crippen LogP contribution is -2.16. The second-order valence-corrected chi connectivity index (χ2v) is 6.96. The molecule has 0 aliphatic heterocycles. The van der Waals surface area contributed by atoms with Gasteiger partial charge in [-0.25, -0.2) is 0 Å². The molecule has 0 bridgehead atoms. The number of hydrogen-bond donors (Lipinski definition) is 1. The molecule has 0 aliphatic rings. The van der Waals surface area contributed by atoms with E-state index in [1.54, 1.807) is 16.9 Å². The smallest absolute Gasteiger partial charge is 0.326 e. The van der Waals surface area contributed by atoms with Crippen LogP contribution in [-0.2, 0) is 24.1 Å². The van der Waals surface area contributed by atoms with E-state index >= 15 is 0 Å². The summed E-state index contributed by atoms with van der Waals surface area (Å²) in [7, 11) is 0. The minimum atomic E-state index is -4.55. The quantitative estimate of drug-likeness (QED) is 0.604. The van der Waals surface area contributed by atoms with Crippen molar-refractivity contribution < 1.29 is 18.0 Å². The van der Waals surface area contributed by atoms with Crippen LogP contribution in [-0.4, -0.2) is 25.5 Å². The zero-order chi connectivity index (χ0) is 20.3. The lowest BCUT2D eigenvalue weighted by atomic mass is 10.2. The molecule has 0 spiro atoms. The van der Waals surface area contributed by atoms with E-state index in [0.717, 1.165) is 5.56 Å². The van der Waals surface area contributed by atoms with Crippen LogP contribution < -0.4 is 5.32 Å². The number of nitrogens with zero attached hydrogens (tertiary/aromatic N) is 4. The number of aryl methyl sites for hydroxylation is 1. The first-order valence-corrected chi connectivity index (χ1v) is 9.19. The van der Waals surface area contributed by atoms with E-state index in [4.69, 9.17) is 0 Å². The van der Waals surface area contributed by atoms with Gasteiger partial charge in [0, 0.05) is 24.5 Å². The van der Waals surface area contributed by atoms with Crippen LogP contribution >= 0.6 is 15.9 Å². The summed E-state index contributed by atoms with van der Waals surface area (Å²) in [6, 6.07) is 9.14. The lowest BCUT2D eigenvalue weighted by molar-refractivity contribution is -0.142. The van der Waals surface area contributed by atoms with E-state index in [0.29, 0.717) is 17.9 Å². The van der Waals surface area contributed by atoms with E-state index in [-0.39, 0.29) is 23.3 Å². The van der Waals surface area contributed by atoms with Crippen molar-refractivity contribution in [3.05, 3.63) is 64.1 Å². The number of carbonyl (C=O) groups is 1. The van der Waals surface area contributed by atoms with Crippen molar-refractivity contribution in [3.63, 3.8) is 0 Å². The average molecular weight is 456 g/mol. The Morgan fingerprint density at radius 3 is 2.71 bits per heavy atom. The van der Waals surface area contributed by atoms with Crippen molar-refractivity contribution in [2.75, 3.05) is 5.32 Å². The zero-order valence-electron chi connectivity index (χ0n) is 14.9. The number of alkyl halides is 3. The van der Waals surface area contributed by atoms with Gasteiger partial charge in [0.05, 0.1) is 23.3 Å². The highest BCUT2D eigenvalue weighted by Crippen LogP contribution is 2.35. The molecule has 1 amide bonds. The Morgan fingerprint density at radius 1 is 1.29 bits per heavy atom. The summed E-state index contributed by atoms with van der Waals surface area (Å²) in [5.74, 6) is -0.309. The zero-order valence-corrected chi connectivity index (χ0v) is 16.5. The maximum Gasteiger partial charge on any atom is 0.436 e. The van der Waals surface area contributed by atoms with Crippen LogP contribution in [0.2, 0.25) is 0 Å². The third-order valence-electron chi connectivity index (χ3n) is 4.07. The fraction of sp³-hybridized carbons (Fsp3) is 0.278. The van der Waals surface area contributed by atoms with Crippen LogP contribution in [0.4, 0.5) is 18.9 Å². The van der Waals surface area contributed by atoms with E-state index in [1.807, 2.05) is 30.5 Å². The standard InChI is InChI=1S/C18H17BrF3N5O/c1-12-16(19)17(18(20,21)22)25-27(12)9-6-15(28)24-14-5-2-4-13(10-14)11-26-8-3-7-23-26/h2-5,7-8,10H,6,9,11H2,1H3,(H,24,28). The van der Waals surface area contributed by atoms with Crippen LogP contribution in [0.15, 0.2) is 47.2 Å². The largest absolute Gasteiger partial charge is 0.436 e. The number of anilines is 1. The third kappa shape index (κ3) is 4.80. The average Bonchev–Trinajstić information content (AvgIpc) is 3.22. The fourth-order valence-electron chi connectivity index (χ4n) is 2.68. The van der Waals surface area contributed by atoms with Crippen molar-refractivity contribution in [2.24, 2.45) is 0 Å². The number of carbonyl (C=O) groups excluding carboxylic acids is 1. The molecule has 0 unspecified atom stereocenters. The van der Waals surface area contributed by atoms with Crippen molar-refractivity contribution in [1.29, 1.82) is 0 Å². The topological polar surface area (TPSA) is 64.7 Å². The van der Waals surface area contributed by atoms with Crippen LogP contribution in [0.1, 0.15) is 23.4 Å². The van der Waals surface area contributed by atoms with E-state index in [9.17, 15) is 18.0 Å².